The van der Waals surface area contributed by atoms with Gasteiger partial charge in [0.2, 0.25) is 0 Å². The van der Waals surface area contributed by atoms with E-state index in [2.05, 4.69) is 10.1 Å². The molecule has 134 valence electrons. The van der Waals surface area contributed by atoms with Gasteiger partial charge in [-0.2, -0.15) is 0 Å². The van der Waals surface area contributed by atoms with E-state index in [-0.39, 0.29) is 12.0 Å². The maximum Gasteiger partial charge on any atom is 0.259 e. The number of aliphatic hydroxyl groups is 1. The van der Waals surface area contributed by atoms with Crippen molar-refractivity contribution >= 4 is 5.91 Å². The van der Waals surface area contributed by atoms with Gasteiger partial charge in [0.1, 0.15) is 23.2 Å². The molecule has 7 nitrogen and oxygen atoms in total. The molecular weight excluding hydrogens is 322 g/mol. The molecule has 2 atom stereocenters. The summed E-state index contributed by atoms with van der Waals surface area (Å²) in [5.41, 5.74) is 1.88. The van der Waals surface area contributed by atoms with Crippen LogP contribution in [-0.2, 0) is 0 Å². The molecule has 1 fully saturated rings. The van der Waals surface area contributed by atoms with Crippen molar-refractivity contribution in [3.05, 3.63) is 41.0 Å². The molecule has 1 aliphatic heterocycles. The highest BCUT2D eigenvalue weighted by atomic mass is 16.5. The van der Waals surface area contributed by atoms with E-state index in [4.69, 9.17) is 9.26 Å². The first kappa shape index (κ1) is 17.4. The fraction of sp³-hybridized carbons (Fsp3) is 0.500. The molecule has 0 unspecified atom stereocenters. The average Bonchev–Trinajstić information content (AvgIpc) is 2.81. The Morgan fingerprint density at radius 3 is 2.72 bits per heavy atom. The lowest BCUT2D eigenvalue weighted by Gasteiger charge is -2.22. The molecule has 25 heavy (non-hydrogen) atoms. The number of pyridine rings is 1. The van der Waals surface area contributed by atoms with Crippen LogP contribution in [-0.4, -0.2) is 51.4 Å². The Kier molecular flexibility index (Phi) is 5.03. The Morgan fingerprint density at radius 1 is 1.28 bits per heavy atom. The smallest absolute Gasteiger partial charge is 0.259 e. The van der Waals surface area contributed by atoms with E-state index in [1.807, 2.05) is 13.0 Å². The maximum absolute atomic E-state index is 12.8. The van der Waals surface area contributed by atoms with E-state index in [1.54, 1.807) is 31.0 Å². The molecule has 0 radical (unpaired) electrons. The number of hydrogen-bond donors (Lipinski definition) is 1. The third-order valence-electron chi connectivity index (χ3n) is 4.58. The van der Waals surface area contributed by atoms with E-state index in [1.165, 1.54) is 0 Å². The molecule has 0 saturated carbocycles. The maximum atomic E-state index is 12.8. The SMILES string of the molecule is Cc1ncccc1O[C@H]1CCN(C(=O)c2c(C)noc2C)CC[C@@H]1O. The second-order valence-corrected chi connectivity index (χ2v) is 6.38. The monoisotopic (exact) mass is 345 g/mol. The number of likely N-dealkylation sites (tertiary alicyclic amines) is 1. The molecule has 7 heteroatoms. The summed E-state index contributed by atoms with van der Waals surface area (Å²) in [6, 6.07) is 3.64. The molecule has 0 spiro atoms. The minimum absolute atomic E-state index is 0.110. The van der Waals surface area contributed by atoms with Gasteiger partial charge in [-0.25, -0.2) is 0 Å². The van der Waals surface area contributed by atoms with Crippen molar-refractivity contribution in [1.82, 2.24) is 15.0 Å². The molecule has 1 aliphatic rings. The molecule has 1 N–H and O–H groups in total. The number of nitrogens with zero attached hydrogens (tertiary/aromatic N) is 3. The normalized spacial score (nSPS) is 21.0. The predicted molar refractivity (Wildman–Crippen MR) is 90.5 cm³/mol. The summed E-state index contributed by atoms with van der Waals surface area (Å²) >= 11 is 0. The van der Waals surface area contributed by atoms with Crippen LogP contribution in [0.5, 0.6) is 5.75 Å². The van der Waals surface area contributed by atoms with Crippen molar-refractivity contribution in [2.75, 3.05) is 13.1 Å². The Labute approximate surface area is 146 Å². The van der Waals surface area contributed by atoms with Gasteiger partial charge in [0.15, 0.2) is 0 Å². The van der Waals surface area contributed by atoms with Gasteiger partial charge >= 0.3 is 0 Å². The van der Waals surface area contributed by atoms with Crippen LogP contribution in [0.15, 0.2) is 22.9 Å². The third-order valence-corrected chi connectivity index (χ3v) is 4.58. The lowest BCUT2D eigenvalue weighted by Crippen LogP contribution is -2.33. The van der Waals surface area contributed by atoms with E-state index in [0.29, 0.717) is 48.7 Å². The molecule has 2 aromatic heterocycles. The summed E-state index contributed by atoms with van der Waals surface area (Å²) in [6.45, 7) is 6.33. The zero-order valence-corrected chi connectivity index (χ0v) is 14.7. The van der Waals surface area contributed by atoms with Crippen LogP contribution < -0.4 is 4.74 Å². The lowest BCUT2D eigenvalue weighted by atomic mass is 10.1. The average molecular weight is 345 g/mol. The first-order chi connectivity index (χ1) is 12.0. The minimum Gasteiger partial charge on any atom is -0.486 e. The quantitative estimate of drug-likeness (QED) is 0.916. The van der Waals surface area contributed by atoms with Crippen LogP contribution in [0, 0.1) is 20.8 Å². The zero-order valence-electron chi connectivity index (χ0n) is 14.7. The fourth-order valence-electron chi connectivity index (χ4n) is 3.11. The summed E-state index contributed by atoms with van der Waals surface area (Å²) in [7, 11) is 0. The van der Waals surface area contributed by atoms with Crippen molar-refractivity contribution in [3.63, 3.8) is 0 Å². The number of rotatable bonds is 3. The lowest BCUT2D eigenvalue weighted by molar-refractivity contribution is 0.0343. The summed E-state index contributed by atoms with van der Waals surface area (Å²) < 4.78 is 11.1. The highest BCUT2D eigenvalue weighted by Crippen LogP contribution is 2.23. The number of aliphatic hydroxyl groups excluding tert-OH is 1. The molecule has 0 aliphatic carbocycles. The number of aromatic nitrogens is 2. The summed E-state index contributed by atoms with van der Waals surface area (Å²) in [5, 5.41) is 14.3. The molecule has 3 heterocycles. The first-order valence-corrected chi connectivity index (χ1v) is 8.46. The largest absolute Gasteiger partial charge is 0.486 e. The summed E-state index contributed by atoms with van der Waals surface area (Å²) in [5.74, 6) is 1.07. The second kappa shape index (κ2) is 7.23. The van der Waals surface area contributed by atoms with E-state index >= 15 is 0 Å². The van der Waals surface area contributed by atoms with Gasteiger partial charge in [-0.15, -0.1) is 0 Å². The van der Waals surface area contributed by atoms with Gasteiger partial charge in [-0.05, 0) is 39.3 Å². The van der Waals surface area contributed by atoms with Gasteiger partial charge in [0, 0.05) is 25.7 Å². The van der Waals surface area contributed by atoms with Gasteiger partial charge in [0.05, 0.1) is 17.5 Å². The van der Waals surface area contributed by atoms with Crippen LogP contribution in [0.3, 0.4) is 0 Å². The molecule has 2 aromatic rings. The molecule has 1 amide bonds. The summed E-state index contributed by atoms with van der Waals surface area (Å²) in [4.78, 5) is 18.7. The Morgan fingerprint density at radius 2 is 2.04 bits per heavy atom. The van der Waals surface area contributed by atoms with Gasteiger partial charge < -0.3 is 19.3 Å². The molecule has 0 aromatic carbocycles. The van der Waals surface area contributed by atoms with Crippen molar-refractivity contribution < 1.29 is 19.2 Å². The van der Waals surface area contributed by atoms with Crippen molar-refractivity contribution in [2.45, 2.75) is 45.8 Å². The van der Waals surface area contributed by atoms with E-state index < -0.39 is 6.10 Å². The Balaban J connectivity index is 1.71. The number of hydrogen-bond acceptors (Lipinski definition) is 6. The zero-order chi connectivity index (χ0) is 18.0. The van der Waals surface area contributed by atoms with Crippen molar-refractivity contribution in [1.29, 1.82) is 0 Å². The van der Waals surface area contributed by atoms with Crippen LogP contribution in [0.25, 0.3) is 0 Å². The number of carbonyl (C=O) groups excluding carboxylic acids is 1. The van der Waals surface area contributed by atoms with E-state index in [0.717, 1.165) is 5.69 Å². The molecule has 1 saturated heterocycles. The van der Waals surface area contributed by atoms with E-state index in [9.17, 15) is 9.90 Å². The topological polar surface area (TPSA) is 88.7 Å². The molecule has 3 rings (SSSR count). The molecule has 0 bridgehead atoms. The highest BCUT2D eigenvalue weighted by Gasteiger charge is 2.31. The van der Waals surface area contributed by atoms with Crippen LogP contribution in [0.1, 0.15) is 40.3 Å². The third kappa shape index (κ3) is 3.66. The fourth-order valence-corrected chi connectivity index (χ4v) is 3.11. The number of carbonyl (C=O) groups is 1. The van der Waals surface area contributed by atoms with Gasteiger partial charge in [0.25, 0.3) is 5.91 Å². The van der Waals surface area contributed by atoms with Gasteiger partial charge in [-0.1, -0.05) is 5.16 Å². The van der Waals surface area contributed by atoms with Crippen molar-refractivity contribution in [2.24, 2.45) is 0 Å². The highest BCUT2D eigenvalue weighted by molar-refractivity contribution is 5.96. The molecular formula is C18H23N3O4. The number of aryl methyl sites for hydroxylation is 3. The van der Waals surface area contributed by atoms with Crippen LogP contribution in [0.2, 0.25) is 0 Å². The standard InChI is InChI=1S/C18H23N3O4/c1-11-15(5-4-8-19-11)24-16-7-10-21(9-6-14(16)22)18(23)17-12(2)20-25-13(17)3/h4-5,8,14,16,22H,6-7,9-10H2,1-3H3/t14-,16-/m0/s1. The van der Waals surface area contributed by atoms with Crippen molar-refractivity contribution in [3.8, 4) is 5.75 Å². The van der Waals surface area contributed by atoms with Crippen LogP contribution >= 0.6 is 0 Å². The van der Waals surface area contributed by atoms with Gasteiger partial charge in [-0.3, -0.25) is 9.78 Å². The number of amides is 1. The Hall–Kier alpha value is -2.41. The number of ether oxygens (including phenoxy) is 1. The predicted octanol–water partition coefficient (Wildman–Crippen LogP) is 2.04. The minimum atomic E-state index is -0.637. The Bertz CT molecular complexity index is 739. The second-order valence-electron chi connectivity index (χ2n) is 6.38. The van der Waals surface area contributed by atoms with Crippen LogP contribution in [0.4, 0.5) is 0 Å². The summed E-state index contributed by atoms with van der Waals surface area (Å²) in [6.07, 6.45) is 1.70. The first-order valence-electron chi connectivity index (χ1n) is 8.46.